The highest BCUT2D eigenvalue weighted by Crippen LogP contribution is 2.34. The molecule has 8 heteroatoms. The van der Waals surface area contributed by atoms with E-state index in [4.69, 9.17) is 16.3 Å². The van der Waals surface area contributed by atoms with Gasteiger partial charge in [0, 0.05) is 41.0 Å². The van der Waals surface area contributed by atoms with Crippen molar-refractivity contribution in [2.75, 3.05) is 26.2 Å². The zero-order chi connectivity index (χ0) is 22.1. The molecule has 1 heterocycles. The highest BCUT2D eigenvalue weighted by atomic mass is 35.5. The first kappa shape index (κ1) is 23.1. The molecular weight excluding hydrogens is 432 g/mol. The molecule has 3 rings (SSSR count). The summed E-state index contributed by atoms with van der Waals surface area (Å²) >= 11 is 7.39. The maximum absolute atomic E-state index is 12.3. The van der Waals surface area contributed by atoms with E-state index in [9.17, 15) is 4.79 Å². The Hall–Kier alpha value is -2.61. The van der Waals surface area contributed by atoms with Crippen molar-refractivity contribution in [1.82, 2.24) is 20.2 Å². The van der Waals surface area contributed by atoms with Crippen molar-refractivity contribution < 1.29 is 9.53 Å². The standard InChI is InChI=1S/C23H25ClN4O2S/c1-3-28(4-2)16-15-25-21(29)17-5-9-19(10-6-17)30-22-23(27-14-13-26-22)31-20-11-7-18(24)8-12-20/h5-14H,3-4,15-16H2,1-2H3,(H,25,29). The zero-order valence-corrected chi connectivity index (χ0v) is 19.1. The molecule has 0 aliphatic rings. The lowest BCUT2D eigenvalue weighted by atomic mass is 10.2. The molecule has 3 aromatic rings. The van der Waals surface area contributed by atoms with Gasteiger partial charge in [0.05, 0.1) is 0 Å². The number of nitrogens with zero attached hydrogens (tertiary/aromatic N) is 3. The van der Waals surface area contributed by atoms with Gasteiger partial charge >= 0.3 is 0 Å². The SMILES string of the molecule is CCN(CC)CCNC(=O)c1ccc(Oc2nccnc2Sc2ccc(Cl)cc2)cc1. The van der Waals surface area contributed by atoms with Crippen LogP contribution in [0.5, 0.6) is 11.6 Å². The van der Waals surface area contributed by atoms with Gasteiger partial charge in [-0.05, 0) is 61.6 Å². The van der Waals surface area contributed by atoms with Crippen molar-refractivity contribution in [2.24, 2.45) is 0 Å². The summed E-state index contributed by atoms with van der Waals surface area (Å²) in [4.78, 5) is 24.3. The van der Waals surface area contributed by atoms with Crippen LogP contribution in [0.1, 0.15) is 24.2 Å². The number of ether oxygens (including phenoxy) is 1. The fourth-order valence-electron chi connectivity index (χ4n) is 2.82. The summed E-state index contributed by atoms with van der Waals surface area (Å²) in [6, 6.07) is 14.5. The van der Waals surface area contributed by atoms with Gasteiger partial charge in [-0.2, -0.15) is 0 Å². The van der Waals surface area contributed by atoms with Gasteiger partial charge in [0.2, 0.25) is 0 Å². The highest BCUT2D eigenvalue weighted by molar-refractivity contribution is 7.99. The number of likely N-dealkylation sites (N-methyl/N-ethyl adjacent to an activating group) is 1. The number of rotatable bonds is 10. The van der Waals surface area contributed by atoms with Crippen molar-refractivity contribution >= 4 is 29.3 Å². The largest absolute Gasteiger partial charge is 0.437 e. The third kappa shape index (κ3) is 6.95. The molecule has 1 aromatic heterocycles. The van der Waals surface area contributed by atoms with Gasteiger partial charge in [-0.15, -0.1) is 0 Å². The molecule has 0 spiro atoms. The summed E-state index contributed by atoms with van der Waals surface area (Å²) in [5.41, 5.74) is 0.585. The van der Waals surface area contributed by atoms with Crippen molar-refractivity contribution in [2.45, 2.75) is 23.8 Å². The van der Waals surface area contributed by atoms with Crippen LogP contribution in [-0.2, 0) is 0 Å². The zero-order valence-electron chi connectivity index (χ0n) is 17.5. The van der Waals surface area contributed by atoms with E-state index in [1.54, 1.807) is 36.7 Å². The second-order valence-electron chi connectivity index (χ2n) is 6.63. The van der Waals surface area contributed by atoms with Crippen molar-refractivity contribution in [3.63, 3.8) is 0 Å². The molecule has 1 amide bonds. The Bertz CT molecular complexity index is 980. The number of carbonyl (C=O) groups is 1. The fourth-order valence-corrected chi connectivity index (χ4v) is 3.74. The molecule has 0 bridgehead atoms. The molecule has 0 fully saturated rings. The maximum atomic E-state index is 12.3. The third-order valence-electron chi connectivity index (χ3n) is 4.60. The normalized spacial score (nSPS) is 10.8. The summed E-state index contributed by atoms with van der Waals surface area (Å²) in [7, 11) is 0. The van der Waals surface area contributed by atoms with Gasteiger partial charge in [-0.3, -0.25) is 4.79 Å². The van der Waals surface area contributed by atoms with Crippen molar-refractivity contribution in [1.29, 1.82) is 0 Å². The molecule has 0 aliphatic carbocycles. The van der Waals surface area contributed by atoms with Crippen LogP contribution in [0, 0.1) is 0 Å². The molecule has 31 heavy (non-hydrogen) atoms. The van der Waals surface area contributed by atoms with Gasteiger partial charge in [0.1, 0.15) is 5.75 Å². The molecule has 2 aromatic carbocycles. The smallest absolute Gasteiger partial charge is 0.252 e. The minimum absolute atomic E-state index is 0.0998. The van der Waals surface area contributed by atoms with Crippen molar-refractivity contribution in [3.8, 4) is 11.6 Å². The number of carbonyl (C=O) groups excluding carboxylic acids is 1. The molecule has 0 atom stereocenters. The van der Waals surface area contributed by atoms with E-state index in [0.717, 1.165) is 24.5 Å². The Morgan fingerprint density at radius 3 is 2.39 bits per heavy atom. The van der Waals surface area contributed by atoms with Gasteiger partial charge in [0.15, 0.2) is 5.03 Å². The second-order valence-corrected chi connectivity index (χ2v) is 8.13. The van der Waals surface area contributed by atoms with Crippen LogP contribution in [0.3, 0.4) is 0 Å². The predicted octanol–water partition coefficient (Wildman–Crippen LogP) is 5.15. The van der Waals surface area contributed by atoms with E-state index < -0.39 is 0 Å². The number of benzene rings is 2. The van der Waals surface area contributed by atoms with Crippen LogP contribution in [0.25, 0.3) is 0 Å². The van der Waals surface area contributed by atoms with E-state index in [-0.39, 0.29) is 5.91 Å². The minimum atomic E-state index is -0.0998. The number of nitrogens with one attached hydrogen (secondary N) is 1. The Morgan fingerprint density at radius 1 is 1.03 bits per heavy atom. The minimum Gasteiger partial charge on any atom is -0.437 e. The van der Waals surface area contributed by atoms with Gasteiger partial charge in [0.25, 0.3) is 11.8 Å². The predicted molar refractivity (Wildman–Crippen MR) is 124 cm³/mol. The van der Waals surface area contributed by atoms with Crippen LogP contribution in [-0.4, -0.2) is 47.0 Å². The van der Waals surface area contributed by atoms with Crippen LogP contribution in [0.4, 0.5) is 0 Å². The van der Waals surface area contributed by atoms with Crippen molar-refractivity contribution in [3.05, 3.63) is 71.5 Å². The molecular formula is C23H25ClN4O2S. The quantitative estimate of drug-likeness (QED) is 0.455. The lowest BCUT2D eigenvalue weighted by Crippen LogP contribution is -2.34. The molecule has 0 radical (unpaired) electrons. The van der Waals surface area contributed by atoms with Crippen LogP contribution in [0.15, 0.2) is 70.8 Å². The Kier molecular flexibility index (Phi) is 8.70. The number of amides is 1. The number of hydrogen-bond acceptors (Lipinski definition) is 6. The monoisotopic (exact) mass is 456 g/mol. The van der Waals surface area contributed by atoms with E-state index in [1.165, 1.54) is 11.8 Å². The maximum Gasteiger partial charge on any atom is 0.252 e. The molecule has 0 saturated heterocycles. The van der Waals surface area contributed by atoms with Gasteiger partial charge in [-0.1, -0.05) is 37.2 Å². The Labute approximate surface area is 192 Å². The Balaban J connectivity index is 1.61. The van der Waals surface area contributed by atoms with E-state index >= 15 is 0 Å². The first-order valence-corrected chi connectivity index (χ1v) is 11.3. The first-order valence-electron chi connectivity index (χ1n) is 10.1. The molecule has 0 aliphatic heterocycles. The molecule has 0 unspecified atom stereocenters. The van der Waals surface area contributed by atoms with E-state index in [0.29, 0.717) is 33.8 Å². The summed E-state index contributed by atoms with van der Waals surface area (Å²) in [5, 5.41) is 4.27. The summed E-state index contributed by atoms with van der Waals surface area (Å²) < 4.78 is 5.92. The second kappa shape index (κ2) is 11.7. The summed E-state index contributed by atoms with van der Waals surface area (Å²) in [5.74, 6) is 0.884. The molecule has 1 N–H and O–H groups in total. The summed E-state index contributed by atoms with van der Waals surface area (Å²) in [6.07, 6.45) is 3.20. The third-order valence-corrected chi connectivity index (χ3v) is 5.83. The lowest BCUT2D eigenvalue weighted by molar-refractivity contribution is 0.0949. The van der Waals surface area contributed by atoms with Gasteiger partial charge in [-0.25, -0.2) is 9.97 Å². The van der Waals surface area contributed by atoms with E-state index in [1.807, 2.05) is 24.3 Å². The first-order chi connectivity index (χ1) is 15.1. The molecule has 162 valence electrons. The number of aromatic nitrogens is 2. The van der Waals surface area contributed by atoms with E-state index in [2.05, 4.69) is 34.0 Å². The van der Waals surface area contributed by atoms with Crippen LogP contribution >= 0.6 is 23.4 Å². The molecule has 6 nitrogen and oxygen atoms in total. The van der Waals surface area contributed by atoms with Crippen LogP contribution in [0.2, 0.25) is 5.02 Å². The average Bonchev–Trinajstić information content (AvgIpc) is 2.80. The molecule has 0 saturated carbocycles. The lowest BCUT2D eigenvalue weighted by Gasteiger charge is -2.18. The average molecular weight is 457 g/mol. The number of halogens is 1. The van der Waals surface area contributed by atoms with Crippen LogP contribution < -0.4 is 10.1 Å². The fraction of sp³-hybridized carbons (Fsp3) is 0.261. The summed E-state index contributed by atoms with van der Waals surface area (Å²) in [6.45, 7) is 7.61. The number of hydrogen-bond donors (Lipinski definition) is 1. The van der Waals surface area contributed by atoms with Gasteiger partial charge < -0.3 is 15.0 Å². The Morgan fingerprint density at radius 2 is 1.71 bits per heavy atom. The topological polar surface area (TPSA) is 67.4 Å². The highest BCUT2D eigenvalue weighted by Gasteiger charge is 2.11.